The summed E-state index contributed by atoms with van der Waals surface area (Å²) in [6.45, 7) is 4.51. The molecule has 4 heteroatoms. The van der Waals surface area contributed by atoms with Crippen molar-refractivity contribution in [1.29, 1.82) is 0 Å². The van der Waals surface area contributed by atoms with Gasteiger partial charge in [0, 0.05) is 33.9 Å². The van der Waals surface area contributed by atoms with Crippen molar-refractivity contribution in [3.8, 4) is 11.1 Å². The third kappa shape index (κ3) is 5.92. The summed E-state index contributed by atoms with van der Waals surface area (Å²) >= 11 is 0. The molecule has 0 aliphatic heterocycles. The lowest BCUT2D eigenvalue weighted by Gasteiger charge is -2.16. The van der Waals surface area contributed by atoms with E-state index in [0.717, 1.165) is 75.4 Å². The number of aryl methyl sites for hydroxylation is 2. The molecule has 0 radical (unpaired) electrons. The third-order valence-electron chi connectivity index (χ3n) is 10.2. The number of hydrogen-bond acceptors (Lipinski definition) is 2. The zero-order valence-electron chi connectivity index (χ0n) is 28.9. The maximum atomic E-state index is 6.75. The van der Waals surface area contributed by atoms with E-state index in [9.17, 15) is 0 Å². The summed E-state index contributed by atoms with van der Waals surface area (Å²) in [6.07, 6.45) is 10.9. The van der Waals surface area contributed by atoms with E-state index in [2.05, 4.69) is 115 Å². The minimum atomic E-state index is 0.504. The van der Waals surface area contributed by atoms with Gasteiger partial charge in [-0.15, -0.1) is 0 Å². The van der Waals surface area contributed by atoms with Crippen LogP contribution in [0.4, 0.5) is 0 Å². The number of benzene rings is 6. The maximum Gasteiger partial charge on any atom is 0.161 e. The van der Waals surface area contributed by atoms with Crippen molar-refractivity contribution in [1.82, 2.24) is 0 Å². The van der Waals surface area contributed by atoms with E-state index in [-0.39, 0.29) is 0 Å². The van der Waals surface area contributed by atoms with Crippen molar-refractivity contribution in [3.63, 3.8) is 0 Å². The maximum absolute atomic E-state index is 6.75. The first-order valence-electron chi connectivity index (χ1n) is 18.0. The van der Waals surface area contributed by atoms with Crippen LogP contribution in [0.3, 0.4) is 0 Å². The Kier molecular flexibility index (Phi) is 8.34. The quantitative estimate of drug-likeness (QED) is 0.128. The molecule has 2 aliphatic carbocycles. The normalized spacial score (nSPS) is 14.3. The number of allylic oxidation sites excluding steroid dienone is 2. The van der Waals surface area contributed by atoms with Crippen LogP contribution < -0.4 is 0 Å². The zero-order valence-corrected chi connectivity index (χ0v) is 28.9. The van der Waals surface area contributed by atoms with Gasteiger partial charge in [0.2, 0.25) is 0 Å². The molecule has 0 N–H and O–H groups in total. The van der Waals surface area contributed by atoms with Crippen LogP contribution in [-0.2, 0) is 19.4 Å². The van der Waals surface area contributed by atoms with Crippen LogP contribution in [0.5, 0.6) is 0 Å². The summed E-state index contributed by atoms with van der Waals surface area (Å²) in [5.41, 5.74) is 12.5. The van der Waals surface area contributed by atoms with E-state index < -0.39 is 0 Å². The molecule has 250 valence electrons. The van der Waals surface area contributed by atoms with Gasteiger partial charge in [0.1, 0.15) is 11.3 Å². The molecule has 7 aromatic rings. The number of aliphatic imine (C=N–C) groups is 3. The van der Waals surface area contributed by atoms with Gasteiger partial charge in [0.15, 0.2) is 11.7 Å². The molecule has 0 spiro atoms. The smallest absolute Gasteiger partial charge is 0.161 e. The highest BCUT2D eigenvalue weighted by Gasteiger charge is 2.25. The summed E-state index contributed by atoms with van der Waals surface area (Å²) in [5.74, 6) is 2.15. The molecule has 9 rings (SSSR count). The predicted octanol–water partition coefficient (Wildman–Crippen LogP) is 11.7. The van der Waals surface area contributed by atoms with Crippen molar-refractivity contribution in [2.45, 2.75) is 32.2 Å². The Morgan fingerprint density at radius 3 is 2.19 bits per heavy atom. The van der Waals surface area contributed by atoms with Gasteiger partial charge in [-0.2, -0.15) is 0 Å². The summed E-state index contributed by atoms with van der Waals surface area (Å²) in [5, 5.41) is 3.09. The average Bonchev–Trinajstić information content (AvgIpc) is 3.60. The Bertz CT molecular complexity index is 2590. The van der Waals surface area contributed by atoms with Crippen LogP contribution in [-0.4, -0.2) is 18.4 Å². The number of furan rings is 1. The Morgan fingerprint density at radius 2 is 1.38 bits per heavy atom. The minimum absolute atomic E-state index is 0.504. The van der Waals surface area contributed by atoms with E-state index >= 15 is 0 Å². The van der Waals surface area contributed by atoms with Crippen molar-refractivity contribution < 1.29 is 4.42 Å². The Morgan fingerprint density at radius 1 is 0.654 bits per heavy atom. The Labute approximate surface area is 303 Å². The van der Waals surface area contributed by atoms with Gasteiger partial charge in [-0.05, 0) is 82.5 Å². The van der Waals surface area contributed by atoms with Gasteiger partial charge >= 0.3 is 0 Å². The third-order valence-corrected chi connectivity index (χ3v) is 10.2. The lowest BCUT2D eigenvalue weighted by Crippen LogP contribution is -2.06. The van der Waals surface area contributed by atoms with Gasteiger partial charge in [0.25, 0.3) is 0 Å². The van der Waals surface area contributed by atoms with E-state index in [4.69, 9.17) is 14.4 Å². The van der Waals surface area contributed by atoms with Crippen LogP contribution >= 0.6 is 0 Å². The first-order valence-corrected chi connectivity index (χ1v) is 18.0. The molecule has 2 aliphatic rings. The van der Waals surface area contributed by atoms with E-state index in [0.29, 0.717) is 18.2 Å². The lowest BCUT2D eigenvalue weighted by atomic mass is 9.87. The fourth-order valence-electron chi connectivity index (χ4n) is 7.59. The molecule has 0 atom stereocenters. The molecule has 4 nitrogen and oxygen atoms in total. The van der Waals surface area contributed by atoms with Crippen molar-refractivity contribution in [2.24, 2.45) is 15.0 Å². The molecule has 0 saturated heterocycles. The molecular formula is C48H37N3O. The molecule has 0 fully saturated rings. The summed E-state index contributed by atoms with van der Waals surface area (Å²) in [7, 11) is 0. The molecule has 0 bridgehead atoms. The minimum Gasteiger partial charge on any atom is -0.460 e. The van der Waals surface area contributed by atoms with Crippen LogP contribution in [0.2, 0.25) is 0 Å². The van der Waals surface area contributed by atoms with Crippen molar-refractivity contribution in [2.75, 3.05) is 0 Å². The van der Waals surface area contributed by atoms with E-state index in [1.165, 1.54) is 33.4 Å². The van der Waals surface area contributed by atoms with Gasteiger partial charge in [-0.3, -0.25) is 4.99 Å². The lowest BCUT2D eigenvalue weighted by molar-refractivity contribution is 0.548. The van der Waals surface area contributed by atoms with E-state index in [1.807, 2.05) is 48.5 Å². The predicted molar refractivity (Wildman–Crippen MR) is 218 cm³/mol. The average molecular weight is 672 g/mol. The number of rotatable bonds is 6. The van der Waals surface area contributed by atoms with Crippen LogP contribution in [0, 0.1) is 0 Å². The fourth-order valence-corrected chi connectivity index (χ4v) is 7.59. The molecule has 1 heterocycles. The number of amidine groups is 2. The first kappa shape index (κ1) is 31.6. The highest BCUT2D eigenvalue weighted by atomic mass is 16.3. The second-order valence-corrected chi connectivity index (χ2v) is 13.4. The van der Waals surface area contributed by atoms with Gasteiger partial charge in [-0.25, -0.2) is 9.98 Å². The molecule has 1 aromatic heterocycles. The SMILES string of the molecule is C=N/C(=N\C(=N/Cc1ccccc1)c1ccccc1)c1cc2c3c(oc2c2ccccc12)CCC=C3c1ccc(-c2ccc3c(c2)C=CCC3)cc1. The van der Waals surface area contributed by atoms with E-state index in [1.54, 1.807) is 0 Å². The first-order chi connectivity index (χ1) is 25.7. The zero-order chi connectivity index (χ0) is 34.9. The summed E-state index contributed by atoms with van der Waals surface area (Å²) in [6, 6.07) is 46.7. The largest absolute Gasteiger partial charge is 0.460 e. The second kappa shape index (κ2) is 13.7. The molecule has 0 saturated carbocycles. The van der Waals surface area contributed by atoms with Gasteiger partial charge in [-0.1, -0.05) is 140 Å². The van der Waals surface area contributed by atoms with Crippen LogP contribution in [0.1, 0.15) is 57.5 Å². The second-order valence-electron chi connectivity index (χ2n) is 13.4. The number of nitrogens with zero attached hydrogens (tertiary/aromatic N) is 3. The summed E-state index contributed by atoms with van der Waals surface area (Å²) in [4.78, 5) is 14.7. The van der Waals surface area contributed by atoms with Crippen molar-refractivity contribution in [3.05, 3.63) is 190 Å². The molecule has 52 heavy (non-hydrogen) atoms. The number of fused-ring (bicyclic) bond motifs is 6. The molecule has 0 amide bonds. The summed E-state index contributed by atoms with van der Waals surface area (Å²) < 4.78 is 6.75. The van der Waals surface area contributed by atoms with Crippen molar-refractivity contribution >= 4 is 51.8 Å². The fraction of sp³-hybridized carbons (Fsp3) is 0.104. The molecule has 6 aromatic carbocycles. The monoisotopic (exact) mass is 671 g/mol. The van der Waals surface area contributed by atoms with Crippen LogP contribution in [0.15, 0.2) is 165 Å². The van der Waals surface area contributed by atoms with Gasteiger partial charge < -0.3 is 4.42 Å². The standard InChI is InChI=1S/C48H37N3O/c1-49-48(51-47(36-16-6-3-7-17-36)50-31-32-13-4-2-5-14-32)42-30-43-45-39(21-12-22-44(45)52-46(43)41-20-11-10-19-40(41)42)35-26-23-34(24-27-35)38-28-25-33-15-8-9-18-37(33)29-38/h2-7,9-11,13-14,16-21,23-30H,1,8,12,15,22,31H2/b50-47-,51-48-. The Hall–Kier alpha value is -6.39. The molecule has 0 unspecified atom stereocenters. The highest BCUT2D eigenvalue weighted by Crippen LogP contribution is 2.43. The molecular weight excluding hydrogens is 635 g/mol. The topological polar surface area (TPSA) is 50.2 Å². The Balaban J connectivity index is 1.15. The highest BCUT2D eigenvalue weighted by molar-refractivity contribution is 6.22. The number of hydrogen-bond donors (Lipinski definition) is 0. The van der Waals surface area contributed by atoms with Gasteiger partial charge in [0.05, 0.1) is 6.54 Å². The van der Waals surface area contributed by atoms with Crippen LogP contribution in [0.25, 0.3) is 44.5 Å².